The first kappa shape index (κ1) is 24.0. The third-order valence-electron chi connectivity index (χ3n) is 11.2. The average molecular weight is 435 g/mol. The Hall–Kier alpha value is -0.120. The molecule has 0 spiro atoms. The molecule has 4 saturated carbocycles. The highest BCUT2D eigenvalue weighted by molar-refractivity contribution is 5.11. The number of aliphatic hydroxyl groups is 2. The number of rotatable bonds is 6. The van der Waals surface area contributed by atoms with Crippen LogP contribution in [0.25, 0.3) is 0 Å². The molecule has 0 unspecified atom stereocenters. The van der Waals surface area contributed by atoms with Crippen molar-refractivity contribution < 1.29 is 14.9 Å². The molecule has 0 aliphatic heterocycles. The van der Waals surface area contributed by atoms with Crippen molar-refractivity contribution in [3.8, 4) is 0 Å². The quantitative estimate of drug-likeness (QED) is 0.522. The predicted molar refractivity (Wildman–Crippen MR) is 127 cm³/mol. The Kier molecular flexibility index (Phi) is 6.41. The molecule has 31 heavy (non-hydrogen) atoms. The molecular weight excluding hydrogens is 384 g/mol. The van der Waals surface area contributed by atoms with Gasteiger partial charge in [0.05, 0.1) is 17.8 Å². The van der Waals surface area contributed by atoms with E-state index in [2.05, 4.69) is 20.8 Å². The Morgan fingerprint density at radius 2 is 1.68 bits per heavy atom. The summed E-state index contributed by atoms with van der Waals surface area (Å²) in [5.74, 6) is 4.82. The monoisotopic (exact) mass is 434 g/mol. The minimum atomic E-state index is -0.594. The van der Waals surface area contributed by atoms with E-state index >= 15 is 0 Å². The van der Waals surface area contributed by atoms with Gasteiger partial charge in [-0.2, -0.15) is 0 Å². The average Bonchev–Trinajstić information content (AvgIpc) is 3.04. The van der Waals surface area contributed by atoms with Crippen LogP contribution in [0.1, 0.15) is 105 Å². The van der Waals surface area contributed by atoms with Crippen LogP contribution in [0.5, 0.6) is 0 Å². The maximum atomic E-state index is 11.1. The Labute approximate surface area is 191 Å². The van der Waals surface area contributed by atoms with Crippen LogP contribution in [0, 0.1) is 46.3 Å². The van der Waals surface area contributed by atoms with Crippen LogP contribution in [-0.2, 0) is 4.74 Å². The summed E-state index contributed by atoms with van der Waals surface area (Å²) in [6.07, 6.45) is 13.4. The molecule has 0 radical (unpaired) electrons. The summed E-state index contributed by atoms with van der Waals surface area (Å²) in [5.41, 5.74) is -0.226. The minimum Gasteiger partial charge on any atom is -0.390 e. The van der Waals surface area contributed by atoms with Gasteiger partial charge in [-0.05, 0) is 131 Å². The van der Waals surface area contributed by atoms with Crippen LogP contribution in [0.15, 0.2) is 0 Å². The standard InChI is InChI=1S/C28H50O3/c1-19(11-13-25(2,3)29)22-9-10-23-21-8-7-20-17-28(30,18-31-6)16-15-26(20,4)24(21)12-14-27(22,23)5/h19-24,29-30H,7-18H2,1-6H3/t19-,20+,21+,22-,23+,24+,26+,27-,28-/m1/s1. The molecule has 180 valence electrons. The molecule has 0 bridgehead atoms. The van der Waals surface area contributed by atoms with Crippen molar-refractivity contribution in [3.05, 3.63) is 0 Å². The van der Waals surface area contributed by atoms with Gasteiger partial charge in [-0.3, -0.25) is 0 Å². The van der Waals surface area contributed by atoms with E-state index < -0.39 is 11.2 Å². The highest BCUT2D eigenvalue weighted by Gasteiger charge is 2.61. The van der Waals surface area contributed by atoms with Crippen LogP contribution < -0.4 is 0 Å². The Morgan fingerprint density at radius 1 is 0.968 bits per heavy atom. The van der Waals surface area contributed by atoms with Gasteiger partial charge in [0, 0.05) is 7.11 Å². The van der Waals surface area contributed by atoms with E-state index in [-0.39, 0.29) is 0 Å². The summed E-state index contributed by atoms with van der Waals surface area (Å²) in [6, 6.07) is 0. The topological polar surface area (TPSA) is 49.7 Å². The van der Waals surface area contributed by atoms with Crippen molar-refractivity contribution >= 4 is 0 Å². The number of hydrogen-bond acceptors (Lipinski definition) is 3. The maximum Gasteiger partial charge on any atom is 0.0883 e. The van der Waals surface area contributed by atoms with Crippen LogP contribution in [0.3, 0.4) is 0 Å². The lowest BCUT2D eigenvalue weighted by atomic mass is 9.43. The lowest BCUT2D eigenvalue weighted by molar-refractivity contribution is -0.163. The molecule has 4 aliphatic carbocycles. The van der Waals surface area contributed by atoms with Crippen molar-refractivity contribution in [2.24, 2.45) is 46.3 Å². The van der Waals surface area contributed by atoms with Gasteiger partial charge in [-0.15, -0.1) is 0 Å². The largest absolute Gasteiger partial charge is 0.390 e. The second-order valence-electron chi connectivity index (χ2n) is 13.6. The van der Waals surface area contributed by atoms with E-state index in [1.807, 2.05) is 13.8 Å². The second kappa shape index (κ2) is 8.27. The van der Waals surface area contributed by atoms with E-state index in [0.29, 0.717) is 29.3 Å². The zero-order valence-electron chi connectivity index (χ0n) is 21.3. The van der Waals surface area contributed by atoms with Gasteiger partial charge < -0.3 is 14.9 Å². The number of fused-ring (bicyclic) bond motifs is 5. The molecule has 4 rings (SSSR count). The summed E-state index contributed by atoms with van der Waals surface area (Å²) in [5, 5.41) is 21.3. The second-order valence-corrected chi connectivity index (χ2v) is 13.6. The van der Waals surface area contributed by atoms with Crippen molar-refractivity contribution in [1.82, 2.24) is 0 Å². The zero-order valence-corrected chi connectivity index (χ0v) is 21.3. The normalized spacial score (nSPS) is 48.6. The number of hydrogen-bond donors (Lipinski definition) is 2. The lowest BCUT2D eigenvalue weighted by Crippen LogP contribution is -2.56. The van der Waals surface area contributed by atoms with Crippen molar-refractivity contribution in [2.75, 3.05) is 13.7 Å². The summed E-state index contributed by atoms with van der Waals surface area (Å²) in [7, 11) is 1.73. The third-order valence-corrected chi connectivity index (χ3v) is 11.2. The number of ether oxygens (including phenoxy) is 1. The van der Waals surface area contributed by atoms with E-state index in [9.17, 15) is 10.2 Å². The van der Waals surface area contributed by atoms with Crippen molar-refractivity contribution in [3.63, 3.8) is 0 Å². The summed E-state index contributed by atoms with van der Waals surface area (Å²) in [4.78, 5) is 0. The first-order chi connectivity index (χ1) is 14.4. The molecule has 3 heteroatoms. The minimum absolute atomic E-state index is 0.412. The van der Waals surface area contributed by atoms with Gasteiger partial charge in [-0.1, -0.05) is 20.8 Å². The molecule has 0 aromatic carbocycles. The molecule has 0 amide bonds. The van der Waals surface area contributed by atoms with Crippen LogP contribution in [0.2, 0.25) is 0 Å². The fraction of sp³-hybridized carbons (Fsp3) is 1.00. The Bertz CT molecular complexity index is 641. The van der Waals surface area contributed by atoms with Gasteiger partial charge in [0.2, 0.25) is 0 Å². The summed E-state index contributed by atoms with van der Waals surface area (Å²) in [6.45, 7) is 12.1. The molecule has 4 fully saturated rings. The van der Waals surface area contributed by atoms with E-state index in [1.165, 1.54) is 44.9 Å². The highest BCUT2D eigenvalue weighted by Crippen LogP contribution is 2.68. The van der Waals surface area contributed by atoms with Crippen LogP contribution in [0.4, 0.5) is 0 Å². The van der Waals surface area contributed by atoms with E-state index in [1.54, 1.807) is 7.11 Å². The fourth-order valence-corrected chi connectivity index (χ4v) is 9.48. The predicted octanol–water partition coefficient (Wildman–Crippen LogP) is 6.21. The van der Waals surface area contributed by atoms with Gasteiger partial charge in [0.15, 0.2) is 0 Å². The van der Waals surface area contributed by atoms with Gasteiger partial charge in [0.25, 0.3) is 0 Å². The molecule has 0 aromatic heterocycles. The van der Waals surface area contributed by atoms with Gasteiger partial charge in [0.1, 0.15) is 0 Å². The van der Waals surface area contributed by atoms with E-state index in [4.69, 9.17) is 4.74 Å². The molecule has 4 aliphatic rings. The van der Waals surface area contributed by atoms with Gasteiger partial charge in [-0.25, -0.2) is 0 Å². The fourth-order valence-electron chi connectivity index (χ4n) is 9.48. The molecule has 9 atom stereocenters. The lowest BCUT2D eigenvalue weighted by Gasteiger charge is -2.62. The number of methoxy groups -OCH3 is 1. The Morgan fingerprint density at radius 3 is 2.35 bits per heavy atom. The highest BCUT2D eigenvalue weighted by atomic mass is 16.5. The van der Waals surface area contributed by atoms with Crippen LogP contribution >= 0.6 is 0 Å². The first-order valence-corrected chi connectivity index (χ1v) is 13.4. The van der Waals surface area contributed by atoms with Crippen LogP contribution in [-0.4, -0.2) is 35.1 Å². The SMILES string of the molecule is COC[C@@]1(O)CC[C@@]2(C)[C@@H](CC[C@@H]3[C@@H]2CC[C@]2(C)[C@@H]([C@H](C)CCC(C)(C)O)CC[C@@H]32)C1. The third kappa shape index (κ3) is 4.26. The Balaban J connectivity index is 1.47. The molecule has 0 saturated heterocycles. The molecule has 0 heterocycles. The van der Waals surface area contributed by atoms with Crippen molar-refractivity contribution in [2.45, 2.75) is 116 Å². The van der Waals surface area contributed by atoms with E-state index in [0.717, 1.165) is 49.4 Å². The van der Waals surface area contributed by atoms with Crippen molar-refractivity contribution in [1.29, 1.82) is 0 Å². The van der Waals surface area contributed by atoms with Gasteiger partial charge >= 0.3 is 0 Å². The molecule has 2 N–H and O–H groups in total. The smallest absolute Gasteiger partial charge is 0.0883 e. The maximum absolute atomic E-state index is 11.1. The first-order valence-electron chi connectivity index (χ1n) is 13.4. The summed E-state index contributed by atoms with van der Waals surface area (Å²) < 4.78 is 5.38. The summed E-state index contributed by atoms with van der Waals surface area (Å²) >= 11 is 0. The molecule has 0 aromatic rings. The molecular formula is C28H50O3. The zero-order chi connectivity index (χ0) is 22.7. The molecule has 3 nitrogen and oxygen atoms in total.